The average molecular weight is 333 g/mol. The standard InChI is InChI=1S/C17H23N3O2S/c1-4-14-10-18-15(23-14)12(2)20-16(21)19-11-17(3,22)13-8-6-5-7-9-13/h5-10,12,22H,4,11H2,1-3H3,(H2,19,20,21). The van der Waals surface area contributed by atoms with E-state index in [1.807, 2.05) is 43.5 Å². The van der Waals surface area contributed by atoms with Crippen LogP contribution in [0.5, 0.6) is 0 Å². The molecule has 0 saturated heterocycles. The van der Waals surface area contributed by atoms with Crippen molar-refractivity contribution < 1.29 is 9.90 Å². The first-order valence-electron chi connectivity index (χ1n) is 7.69. The first kappa shape index (κ1) is 17.4. The molecule has 0 saturated carbocycles. The van der Waals surface area contributed by atoms with Gasteiger partial charge in [0.15, 0.2) is 0 Å². The smallest absolute Gasteiger partial charge is 0.315 e. The molecule has 1 aromatic carbocycles. The number of nitrogens with one attached hydrogen (secondary N) is 2. The summed E-state index contributed by atoms with van der Waals surface area (Å²) in [4.78, 5) is 17.5. The molecule has 1 aromatic heterocycles. The van der Waals surface area contributed by atoms with Crippen molar-refractivity contribution in [3.63, 3.8) is 0 Å². The number of hydrogen-bond acceptors (Lipinski definition) is 4. The third-order valence-electron chi connectivity index (χ3n) is 3.63. The lowest BCUT2D eigenvalue weighted by Gasteiger charge is -2.24. The Morgan fingerprint density at radius 3 is 2.70 bits per heavy atom. The second kappa shape index (κ2) is 7.57. The highest BCUT2D eigenvalue weighted by molar-refractivity contribution is 7.11. The molecule has 0 aliphatic heterocycles. The fraction of sp³-hybridized carbons (Fsp3) is 0.412. The number of thiazole rings is 1. The predicted octanol–water partition coefficient (Wildman–Crippen LogP) is 2.97. The van der Waals surface area contributed by atoms with Gasteiger partial charge in [0, 0.05) is 11.1 Å². The van der Waals surface area contributed by atoms with Crippen molar-refractivity contribution in [2.45, 2.75) is 38.8 Å². The van der Waals surface area contributed by atoms with Gasteiger partial charge >= 0.3 is 6.03 Å². The summed E-state index contributed by atoms with van der Waals surface area (Å²) in [6.45, 7) is 5.79. The summed E-state index contributed by atoms with van der Waals surface area (Å²) in [5, 5.41) is 16.9. The van der Waals surface area contributed by atoms with Crippen LogP contribution in [-0.4, -0.2) is 22.7 Å². The highest BCUT2D eigenvalue weighted by atomic mass is 32.1. The second-order valence-corrected chi connectivity index (χ2v) is 6.85. The number of urea groups is 1. The maximum absolute atomic E-state index is 12.0. The van der Waals surface area contributed by atoms with Crippen molar-refractivity contribution in [3.05, 3.63) is 52.0 Å². The number of nitrogens with zero attached hydrogens (tertiary/aromatic N) is 1. The van der Waals surface area contributed by atoms with Crippen molar-refractivity contribution in [3.8, 4) is 0 Å². The van der Waals surface area contributed by atoms with E-state index in [0.717, 1.165) is 17.0 Å². The number of amides is 2. The Morgan fingerprint density at radius 1 is 1.39 bits per heavy atom. The first-order chi connectivity index (χ1) is 10.9. The minimum absolute atomic E-state index is 0.133. The van der Waals surface area contributed by atoms with E-state index in [1.54, 1.807) is 18.3 Å². The minimum Gasteiger partial charge on any atom is -0.384 e. The van der Waals surface area contributed by atoms with Gasteiger partial charge in [-0.25, -0.2) is 9.78 Å². The van der Waals surface area contributed by atoms with Gasteiger partial charge in [0.25, 0.3) is 0 Å². The van der Waals surface area contributed by atoms with Gasteiger partial charge in [-0.05, 0) is 25.8 Å². The van der Waals surface area contributed by atoms with Crippen molar-refractivity contribution in [2.75, 3.05) is 6.54 Å². The quantitative estimate of drug-likeness (QED) is 0.761. The molecule has 1 heterocycles. The van der Waals surface area contributed by atoms with Crippen LogP contribution in [0.15, 0.2) is 36.5 Å². The molecule has 2 rings (SSSR count). The van der Waals surface area contributed by atoms with Crippen LogP contribution in [0.2, 0.25) is 0 Å². The number of benzene rings is 1. The minimum atomic E-state index is -1.11. The van der Waals surface area contributed by atoms with Crippen LogP contribution in [0.4, 0.5) is 4.79 Å². The molecule has 0 radical (unpaired) electrons. The van der Waals surface area contributed by atoms with Gasteiger partial charge in [0.2, 0.25) is 0 Å². The first-order valence-corrected chi connectivity index (χ1v) is 8.51. The number of aliphatic hydroxyl groups is 1. The molecule has 2 aromatic rings. The summed E-state index contributed by atoms with van der Waals surface area (Å²) in [7, 11) is 0. The Balaban J connectivity index is 1.87. The fourth-order valence-electron chi connectivity index (χ4n) is 2.15. The van der Waals surface area contributed by atoms with Crippen LogP contribution in [0.25, 0.3) is 0 Å². The number of aromatic nitrogens is 1. The van der Waals surface area contributed by atoms with Crippen LogP contribution >= 0.6 is 11.3 Å². The zero-order valence-electron chi connectivity index (χ0n) is 13.7. The zero-order valence-corrected chi connectivity index (χ0v) is 14.5. The lowest BCUT2D eigenvalue weighted by atomic mass is 9.96. The van der Waals surface area contributed by atoms with Crippen molar-refractivity contribution >= 4 is 17.4 Å². The lowest BCUT2D eigenvalue weighted by molar-refractivity contribution is 0.0593. The number of rotatable bonds is 6. The molecule has 0 aliphatic carbocycles. The number of carbonyl (C=O) groups is 1. The average Bonchev–Trinajstić information content (AvgIpc) is 3.03. The molecule has 5 nitrogen and oxygen atoms in total. The van der Waals surface area contributed by atoms with Crippen LogP contribution in [0.1, 0.15) is 42.3 Å². The molecule has 2 atom stereocenters. The zero-order chi connectivity index (χ0) is 16.9. The molecule has 2 amide bonds. The molecule has 2 unspecified atom stereocenters. The number of carbonyl (C=O) groups excluding carboxylic acids is 1. The Labute approximate surface area is 140 Å². The monoisotopic (exact) mass is 333 g/mol. The van der Waals surface area contributed by atoms with E-state index >= 15 is 0 Å². The van der Waals surface area contributed by atoms with Gasteiger partial charge in [-0.15, -0.1) is 11.3 Å². The molecule has 0 aliphatic rings. The molecular weight excluding hydrogens is 310 g/mol. The van der Waals surface area contributed by atoms with Gasteiger partial charge in [0.05, 0.1) is 12.6 Å². The van der Waals surface area contributed by atoms with Crippen molar-refractivity contribution in [1.82, 2.24) is 15.6 Å². The summed E-state index contributed by atoms with van der Waals surface area (Å²) in [5.74, 6) is 0. The third-order valence-corrected chi connectivity index (χ3v) is 4.95. The van der Waals surface area contributed by atoms with E-state index in [0.29, 0.717) is 0 Å². The Bertz CT molecular complexity index is 640. The third kappa shape index (κ3) is 4.77. The Kier molecular flexibility index (Phi) is 5.74. The summed E-state index contributed by atoms with van der Waals surface area (Å²) in [5.41, 5.74) is -0.348. The largest absolute Gasteiger partial charge is 0.384 e. The normalized spacial score (nSPS) is 14.8. The van der Waals surface area contributed by atoms with Gasteiger partial charge in [-0.1, -0.05) is 37.3 Å². The molecule has 0 spiro atoms. The maximum atomic E-state index is 12.0. The molecule has 3 N–H and O–H groups in total. The van der Waals surface area contributed by atoms with Gasteiger partial charge in [0.1, 0.15) is 10.6 Å². The summed E-state index contributed by atoms with van der Waals surface area (Å²) in [6, 6.07) is 8.80. The second-order valence-electron chi connectivity index (χ2n) is 5.71. The number of aryl methyl sites for hydroxylation is 1. The summed E-state index contributed by atoms with van der Waals surface area (Å²) < 4.78 is 0. The van der Waals surface area contributed by atoms with Gasteiger partial charge in [-0.2, -0.15) is 0 Å². The van der Waals surface area contributed by atoms with E-state index in [4.69, 9.17) is 0 Å². The van der Waals surface area contributed by atoms with Crippen molar-refractivity contribution in [1.29, 1.82) is 0 Å². The Hall–Kier alpha value is -1.92. The molecule has 124 valence electrons. The van der Waals surface area contributed by atoms with E-state index in [-0.39, 0.29) is 18.6 Å². The van der Waals surface area contributed by atoms with Crippen LogP contribution in [-0.2, 0) is 12.0 Å². The van der Waals surface area contributed by atoms with E-state index < -0.39 is 5.60 Å². The fourth-order valence-corrected chi connectivity index (χ4v) is 3.01. The van der Waals surface area contributed by atoms with Crippen LogP contribution in [0, 0.1) is 0 Å². The highest BCUT2D eigenvalue weighted by Gasteiger charge is 2.24. The highest BCUT2D eigenvalue weighted by Crippen LogP contribution is 2.21. The molecule has 6 heteroatoms. The Morgan fingerprint density at radius 2 is 2.09 bits per heavy atom. The maximum Gasteiger partial charge on any atom is 0.315 e. The topological polar surface area (TPSA) is 74.2 Å². The number of hydrogen-bond donors (Lipinski definition) is 3. The summed E-state index contributed by atoms with van der Waals surface area (Å²) in [6.07, 6.45) is 2.78. The van der Waals surface area contributed by atoms with Crippen LogP contribution < -0.4 is 10.6 Å². The van der Waals surface area contributed by atoms with Crippen LogP contribution in [0.3, 0.4) is 0 Å². The van der Waals surface area contributed by atoms with E-state index in [9.17, 15) is 9.90 Å². The SMILES string of the molecule is CCc1cnc(C(C)NC(=O)NCC(C)(O)c2ccccc2)s1. The lowest BCUT2D eigenvalue weighted by Crippen LogP contribution is -2.44. The molecular formula is C17H23N3O2S. The molecule has 0 fully saturated rings. The van der Waals surface area contributed by atoms with E-state index in [2.05, 4.69) is 22.5 Å². The van der Waals surface area contributed by atoms with Gasteiger partial charge < -0.3 is 15.7 Å². The summed E-state index contributed by atoms with van der Waals surface area (Å²) >= 11 is 1.60. The van der Waals surface area contributed by atoms with Gasteiger partial charge in [-0.3, -0.25) is 0 Å². The predicted molar refractivity (Wildman–Crippen MR) is 92.5 cm³/mol. The van der Waals surface area contributed by atoms with Crippen molar-refractivity contribution in [2.24, 2.45) is 0 Å². The molecule has 0 bridgehead atoms. The van der Waals surface area contributed by atoms with E-state index in [1.165, 1.54) is 4.88 Å². The molecule has 23 heavy (non-hydrogen) atoms.